The summed E-state index contributed by atoms with van der Waals surface area (Å²) in [6.45, 7) is 3.66. The Balaban J connectivity index is 2.00. The minimum absolute atomic E-state index is 0.00897. The number of nitrogens with zero attached hydrogens (tertiary/aromatic N) is 1. The summed E-state index contributed by atoms with van der Waals surface area (Å²) in [7, 11) is 0. The molecule has 0 spiro atoms. The van der Waals surface area contributed by atoms with E-state index in [9.17, 15) is 35.9 Å². The normalized spacial score (nSPS) is 20.3. The number of nitrogens with one attached hydrogen (secondary N) is 1. The van der Waals surface area contributed by atoms with Crippen LogP contribution in [-0.4, -0.2) is 17.9 Å². The Kier molecular flexibility index (Phi) is 5.53. The summed E-state index contributed by atoms with van der Waals surface area (Å²) in [6.07, 6.45) is -9.64. The number of fused-ring (bicyclic) bond motifs is 1. The highest BCUT2D eigenvalue weighted by atomic mass is 19.4. The van der Waals surface area contributed by atoms with Crippen LogP contribution in [0.3, 0.4) is 0 Å². The van der Waals surface area contributed by atoms with E-state index in [1.54, 1.807) is 6.07 Å². The zero-order valence-electron chi connectivity index (χ0n) is 18.1. The number of carbonyl (C=O) groups excluding carboxylic acids is 2. The number of Topliss-reactive ketones (excluding diaryl/α,β-unsaturated/α-hetero) is 1. The molecule has 1 atom stereocenters. The first kappa shape index (κ1) is 23.8. The molecule has 1 amide bonds. The number of alkyl halides is 6. The molecule has 10 heteroatoms. The lowest BCUT2D eigenvalue weighted by molar-refractivity contribution is -0.170. The predicted molar refractivity (Wildman–Crippen MR) is 113 cm³/mol. The number of hydrogen-bond donors (Lipinski definition) is 1. The summed E-state index contributed by atoms with van der Waals surface area (Å²) in [5, 5.41) is 3.04. The first-order chi connectivity index (χ1) is 15.7. The molecule has 2 aromatic carbocycles. The number of para-hydroxylation sites is 2. The topological polar surface area (TPSA) is 49.4 Å². The molecule has 1 N–H and O–H groups in total. The van der Waals surface area contributed by atoms with Gasteiger partial charge < -0.3 is 5.32 Å². The average Bonchev–Trinajstić information content (AvgIpc) is 2.85. The average molecular weight is 482 g/mol. The number of carbonyl (C=O) groups is 2. The van der Waals surface area contributed by atoms with Gasteiger partial charge in [-0.1, -0.05) is 38.1 Å². The lowest BCUT2D eigenvalue weighted by Gasteiger charge is -2.37. The van der Waals surface area contributed by atoms with Crippen LogP contribution in [0, 0.1) is 5.41 Å². The molecule has 0 saturated carbocycles. The lowest BCUT2D eigenvalue weighted by atomic mass is 9.73. The molecular formula is C24H20F6N2O2. The molecule has 0 fully saturated rings. The van der Waals surface area contributed by atoms with Crippen molar-refractivity contribution >= 4 is 23.1 Å². The molecule has 0 bridgehead atoms. The fourth-order valence-corrected chi connectivity index (χ4v) is 4.52. The highest BCUT2D eigenvalue weighted by Crippen LogP contribution is 2.49. The number of anilines is 2. The number of amides is 1. The Morgan fingerprint density at radius 1 is 0.971 bits per heavy atom. The molecule has 1 aliphatic heterocycles. The van der Waals surface area contributed by atoms with E-state index in [1.165, 1.54) is 18.2 Å². The SMILES string of the molecule is CC1(C)CC(=O)C2=C(C1)Nc1ccccc1N(C(=O)C(F)(F)F)[C@@H]2c1ccc(C(F)(F)F)cc1. The van der Waals surface area contributed by atoms with Crippen molar-refractivity contribution in [2.24, 2.45) is 5.41 Å². The van der Waals surface area contributed by atoms with Crippen LogP contribution < -0.4 is 10.2 Å². The molecular weight excluding hydrogens is 462 g/mol. The van der Waals surface area contributed by atoms with Crippen LogP contribution in [0.1, 0.15) is 43.9 Å². The molecule has 2 aliphatic rings. The van der Waals surface area contributed by atoms with Crippen molar-refractivity contribution in [3.05, 3.63) is 70.9 Å². The third-order valence-electron chi connectivity index (χ3n) is 5.92. The monoisotopic (exact) mass is 482 g/mol. The van der Waals surface area contributed by atoms with E-state index >= 15 is 0 Å². The van der Waals surface area contributed by atoms with Gasteiger partial charge in [0.15, 0.2) is 5.78 Å². The van der Waals surface area contributed by atoms with Gasteiger partial charge in [0.05, 0.1) is 23.0 Å². The van der Waals surface area contributed by atoms with Crippen molar-refractivity contribution in [3.63, 3.8) is 0 Å². The van der Waals surface area contributed by atoms with Crippen LogP contribution in [0.15, 0.2) is 59.8 Å². The van der Waals surface area contributed by atoms with Crippen molar-refractivity contribution in [1.82, 2.24) is 0 Å². The maximum Gasteiger partial charge on any atom is 0.471 e. The Morgan fingerprint density at radius 2 is 1.59 bits per heavy atom. The van der Waals surface area contributed by atoms with E-state index in [2.05, 4.69) is 5.32 Å². The van der Waals surface area contributed by atoms with Crippen LogP contribution in [0.5, 0.6) is 0 Å². The predicted octanol–water partition coefficient (Wildman–Crippen LogP) is 6.41. The lowest BCUT2D eigenvalue weighted by Crippen LogP contribution is -2.45. The van der Waals surface area contributed by atoms with Crippen LogP contribution in [0.25, 0.3) is 0 Å². The first-order valence-electron chi connectivity index (χ1n) is 10.4. The van der Waals surface area contributed by atoms with Gasteiger partial charge in [0, 0.05) is 17.7 Å². The quantitative estimate of drug-likeness (QED) is 0.478. The van der Waals surface area contributed by atoms with E-state index < -0.39 is 41.1 Å². The van der Waals surface area contributed by atoms with Crippen molar-refractivity contribution in [3.8, 4) is 0 Å². The molecule has 2 aromatic rings. The van der Waals surface area contributed by atoms with E-state index in [4.69, 9.17) is 0 Å². The van der Waals surface area contributed by atoms with Gasteiger partial charge in [-0.05, 0) is 41.7 Å². The number of allylic oxidation sites excluding steroid dienone is 1. The summed E-state index contributed by atoms with van der Waals surface area (Å²) in [5.41, 5.74) is -1.20. The number of halogens is 6. The first-order valence-corrected chi connectivity index (χ1v) is 10.4. The molecule has 0 radical (unpaired) electrons. The molecule has 0 saturated heterocycles. The van der Waals surface area contributed by atoms with Gasteiger partial charge in [-0.25, -0.2) is 0 Å². The fraction of sp³-hybridized carbons (Fsp3) is 0.333. The standard InChI is InChI=1S/C24H20F6N2O2/c1-22(2)11-16-19(18(33)12-22)20(13-7-9-14(10-8-13)23(25,26)27)32(21(34)24(28,29)30)17-6-4-3-5-15(17)31-16/h3-10,20,31H,11-12H2,1-2H3/t20-/m1/s1. The molecule has 1 aliphatic carbocycles. The summed E-state index contributed by atoms with van der Waals surface area (Å²) in [4.78, 5) is 26.5. The zero-order chi connectivity index (χ0) is 25.1. The summed E-state index contributed by atoms with van der Waals surface area (Å²) in [5.74, 6) is -2.70. The molecule has 1 heterocycles. The fourth-order valence-electron chi connectivity index (χ4n) is 4.52. The van der Waals surface area contributed by atoms with Crippen molar-refractivity contribution in [1.29, 1.82) is 0 Å². The highest BCUT2D eigenvalue weighted by molar-refractivity contribution is 6.07. The number of hydrogen-bond acceptors (Lipinski definition) is 3. The largest absolute Gasteiger partial charge is 0.471 e. The van der Waals surface area contributed by atoms with Gasteiger partial charge in [-0.3, -0.25) is 14.5 Å². The van der Waals surface area contributed by atoms with Crippen molar-refractivity contribution in [2.45, 2.75) is 45.1 Å². The van der Waals surface area contributed by atoms with Gasteiger partial charge in [0.25, 0.3) is 0 Å². The van der Waals surface area contributed by atoms with Crippen LogP contribution in [-0.2, 0) is 15.8 Å². The molecule has 0 aromatic heterocycles. The second-order valence-electron chi connectivity index (χ2n) is 9.17. The second kappa shape index (κ2) is 7.89. The third-order valence-corrected chi connectivity index (χ3v) is 5.92. The molecule has 34 heavy (non-hydrogen) atoms. The Morgan fingerprint density at radius 3 is 2.18 bits per heavy atom. The minimum Gasteiger partial charge on any atom is -0.357 e. The Bertz CT molecular complexity index is 1180. The Hall–Kier alpha value is -3.30. The number of benzene rings is 2. The highest BCUT2D eigenvalue weighted by Gasteiger charge is 2.50. The third kappa shape index (κ3) is 4.28. The molecule has 180 valence electrons. The summed E-state index contributed by atoms with van der Waals surface area (Å²) in [6, 6.07) is 7.71. The molecule has 4 rings (SSSR count). The zero-order valence-corrected chi connectivity index (χ0v) is 18.1. The summed E-state index contributed by atoms with van der Waals surface area (Å²) < 4.78 is 80.6. The van der Waals surface area contributed by atoms with Gasteiger partial charge in [-0.2, -0.15) is 26.3 Å². The number of rotatable bonds is 1. The summed E-state index contributed by atoms with van der Waals surface area (Å²) >= 11 is 0. The van der Waals surface area contributed by atoms with Crippen LogP contribution >= 0.6 is 0 Å². The van der Waals surface area contributed by atoms with Gasteiger partial charge in [-0.15, -0.1) is 0 Å². The van der Waals surface area contributed by atoms with Gasteiger partial charge in [0.1, 0.15) is 0 Å². The Labute approximate surface area is 191 Å². The van der Waals surface area contributed by atoms with E-state index in [0.29, 0.717) is 17.0 Å². The minimum atomic E-state index is -5.29. The van der Waals surface area contributed by atoms with Crippen molar-refractivity contribution < 1.29 is 35.9 Å². The second-order valence-corrected chi connectivity index (χ2v) is 9.17. The maximum absolute atomic E-state index is 13.8. The van der Waals surface area contributed by atoms with E-state index in [0.717, 1.165) is 24.3 Å². The van der Waals surface area contributed by atoms with Crippen molar-refractivity contribution in [2.75, 3.05) is 10.2 Å². The van der Waals surface area contributed by atoms with Crippen LogP contribution in [0.2, 0.25) is 0 Å². The number of ketones is 1. The molecule has 0 unspecified atom stereocenters. The van der Waals surface area contributed by atoms with Gasteiger partial charge in [0.2, 0.25) is 0 Å². The van der Waals surface area contributed by atoms with Crippen LogP contribution in [0.4, 0.5) is 37.7 Å². The smallest absolute Gasteiger partial charge is 0.357 e. The van der Waals surface area contributed by atoms with E-state index in [-0.39, 0.29) is 28.9 Å². The maximum atomic E-state index is 13.8. The molecule has 4 nitrogen and oxygen atoms in total. The van der Waals surface area contributed by atoms with Gasteiger partial charge >= 0.3 is 18.3 Å². The van der Waals surface area contributed by atoms with E-state index in [1.807, 2.05) is 13.8 Å².